The molecule has 2 nitrogen and oxygen atoms in total. The lowest BCUT2D eigenvalue weighted by atomic mass is 9.90. The van der Waals surface area contributed by atoms with Gasteiger partial charge in [-0.05, 0) is 36.8 Å². The number of phenolic OH excluding ortho intramolecular Hbond substituents is 1. The monoisotopic (exact) mass is 220 g/mol. The van der Waals surface area contributed by atoms with E-state index >= 15 is 0 Å². The van der Waals surface area contributed by atoms with E-state index in [1.165, 1.54) is 0 Å². The van der Waals surface area contributed by atoms with E-state index in [9.17, 15) is 10.2 Å². The smallest absolute Gasteiger partial charge is 0.122 e. The second-order valence-corrected chi connectivity index (χ2v) is 5.35. The summed E-state index contributed by atoms with van der Waals surface area (Å²) >= 11 is 0. The fourth-order valence-electron chi connectivity index (χ4n) is 2.15. The number of rotatable bonds is 3. The van der Waals surface area contributed by atoms with Crippen LogP contribution in [-0.4, -0.2) is 15.8 Å². The Morgan fingerprint density at radius 2 is 1.94 bits per heavy atom. The van der Waals surface area contributed by atoms with Crippen molar-refractivity contribution in [1.29, 1.82) is 0 Å². The first-order valence-electron chi connectivity index (χ1n) is 5.97. The van der Waals surface area contributed by atoms with Gasteiger partial charge in [0, 0.05) is 12.0 Å². The van der Waals surface area contributed by atoms with Crippen LogP contribution >= 0.6 is 0 Å². The summed E-state index contributed by atoms with van der Waals surface area (Å²) in [4.78, 5) is 0. The molecule has 2 heteroatoms. The maximum absolute atomic E-state index is 10.1. The molecule has 0 amide bonds. The van der Waals surface area contributed by atoms with Crippen molar-refractivity contribution < 1.29 is 10.2 Å². The second-order valence-electron chi connectivity index (χ2n) is 5.35. The quantitative estimate of drug-likeness (QED) is 0.822. The van der Waals surface area contributed by atoms with Gasteiger partial charge in [-0.25, -0.2) is 0 Å². The van der Waals surface area contributed by atoms with Crippen LogP contribution in [0.4, 0.5) is 0 Å². The van der Waals surface area contributed by atoms with E-state index in [4.69, 9.17) is 0 Å². The van der Waals surface area contributed by atoms with Crippen LogP contribution in [0.3, 0.4) is 0 Å². The zero-order chi connectivity index (χ0) is 11.9. The molecule has 1 aliphatic carbocycles. The minimum atomic E-state index is -0.547. The van der Waals surface area contributed by atoms with Crippen LogP contribution < -0.4 is 0 Å². The average molecular weight is 220 g/mol. The Balaban J connectivity index is 2.42. The van der Waals surface area contributed by atoms with Crippen LogP contribution in [0, 0.1) is 6.92 Å². The Bertz CT molecular complexity index is 403. The molecule has 0 atom stereocenters. The molecule has 0 aliphatic heterocycles. The molecule has 1 fully saturated rings. The number of phenols is 1. The lowest BCUT2D eigenvalue weighted by Crippen LogP contribution is -2.13. The zero-order valence-corrected chi connectivity index (χ0v) is 10.2. The van der Waals surface area contributed by atoms with Crippen molar-refractivity contribution in [3.63, 3.8) is 0 Å². The molecule has 1 aliphatic rings. The van der Waals surface area contributed by atoms with Gasteiger partial charge in [-0.15, -0.1) is 0 Å². The van der Waals surface area contributed by atoms with Gasteiger partial charge in [-0.1, -0.05) is 26.0 Å². The van der Waals surface area contributed by atoms with Crippen LogP contribution in [0.1, 0.15) is 49.3 Å². The summed E-state index contributed by atoms with van der Waals surface area (Å²) in [5, 5.41) is 20.1. The molecule has 2 N–H and O–H groups in total. The van der Waals surface area contributed by atoms with Gasteiger partial charge in [-0.3, -0.25) is 0 Å². The summed E-state index contributed by atoms with van der Waals surface area (Å²) < 4.78 is 0. The van der Waals surface area contributed by atoms with E-state index in [0.29, 0.717) is 18.1 Å². The topological polar surface area (TPSA) is 40.5 Å². The highest BCUT2D eigenvalue weighted by molar-refractivity contribution is 5.47. The van der Waals surface area contributed by atoms with Gasteiger partial charge < -0.3 is 10.2 Å². The number of benzene rings is 1. The van der Waals surface area contributed by atoms with Gasteiger partial charge in [0.25, 0.3) is 0 Å². The van der Waals surface area contributed by atoms with Crippen molar-refractivity contribution in [1.82, 2.24) is 0 Å². The molecule has 1 aromatic carbocycles. The molecule has 0 aromatic heterocycles. The summed E-state index contributed by atoms with van der Waals surface area (Å²) in [5.74, 6) is 0.746. The van der Waals surface area contributed by atoms with Crippen LogP contribution in [-0.2, 0) is 6.42 Å². The van der Waals surface area contributed by atoms with Crippen LogP contribution in [0.15, 0.2) is 12.1 Å². The molecule has 1 saturated carbocycles. The standard InChI is InChI=1S/C14H20O2/c1-9(2)11-5-4-10(3)13(15)12(11)8-14(16)6-7-14/h4-5,9,15-16H,6-8H2,1-3H3. The van der Waals surface area contributed by atoms with Crippen molar-refractivity contribution in [3.05, 3.63) is 28.8 Å². The predicted octanol–water partition coefficient (Wildman–Crippen LogP) is 2.89. The van der Waals surface area contributed by atoms with Gasteiger partial charge >= 0.3 is 0 Å². The molecule has 1 aromatic rings. The van der Waals surface area contributed by atoms with Crippen LogP contribution in [0.2, 0.25) is 0 Å². The zero-order valence-electron chi connectivity index (χ0n) is 10.2. The molecular formula is C14H20O2. The Labute approximate surface area is 96.9 Å². The van der Waals surface area contributed by atoms with Crippen molar-refractivity contribution >= 4 is 0 Å². The predicted molar refractivity (Wildman–Crippen MR) is 64.8 cm³/mol. The van der Waals surface area contributed by atoms with Gasteiger partial charge in [0.2, 0.25) is 0 Å². The summed E-state index contributed by atoms with van der Waals surface area (Å²) in [7, 11) is 0. The van der Waals surface area contributed by atoms with Gasteiger partial charge in [-0.2, -0.15) is 0 Å². The Kier molecular flexibility index (Phi) is 2.70. The van der Waals surface area contributed by atoms with Crippen molar-refractivity contribution in [3.8, 4) is 5.75 Å². The lowest BCUT2D eigenvalue weighted by molar-refractivity contribution is 0.149. The third-order valence-electron chi connectivity index (χ3n) is 3.48. The highest BCUT2D eigenvalue weighted by Gasteiger charge is 2.41. The fourth-order valence-corrected chi connectivity index (χ4v) is 2.15. The lowest BCUT2D eigenvalue weighted by Gasteiger charge is -2.18. The van der Waals surface area contributed by atoms with E-state index in [1.807, 2.05) is 13.0 Å². The molecule has 16 heavy (non-hydrogen) atoms. The summed E-state index contributed by atoms with van der Waals surface area (Å²) in [6, 6.07) is 4.02. The van der Waals surface area contributed by atoms with Gasteiger partial charge in [0.1, 0.15) is 5.75 Å². The maximum Gasteiger partial charge on any atom is 0.122 e. The molecule has 2 rings (SSSR count). The van der Waals surface area contributed by atoms with E-state index in [1.54, 1.807) is 0 Å². The van der Waals surface area contributed by atoms with Crippen LogP contribution in [0.25, 0.3) is 0 Å². The molecule has 0 bridgehead atoms. The number of hydrogen-bond acceptors (Lipinski definition) is 2. The normalized spacial score (nSPS) is 17.8. The number of aromatic hydroxyl groups is 1. The van der Waals surface area contributed by atoms with E-state index in [-0.39, 0.29) is 0 Å². The molecule has 0 saturated heterocycles. The highest BCUT2D eigenvalue weighted by Crippen LogP contribution is 2.42. The molecule has 0 heterocycles. The van der Waals surface area contributed by atoms with Crippen molar-refractivity contribution in [2.24, 2.45) is 0 Å². The first-order valence-corrected chi connectivity index (χ1v) is 5.97. The van der Waals surface area contributed by atoms with E-state index in [0.717, 1.165) is 29.5 Å². The van der Waals surface area contributed by atoms with E-state index < -0.39 is 5.60 Å². The summed E-state index contributed by atoms with van der Waals surface area (Å²) in [6.45, 7) is 6.13. The SMILES string of the molecule is Cc1ccc(C(C)C)c(CC2(O)CC2)c1O. The van der Waals surface area contributed by atoms with Crippen LogP contribution in [0.5, 0.6) is 5.75 Å². The van der Waals surface area contributed by atoms with Gasteiger partial charge in [0.05, 0.1) is 5.60 Å². The third kappa shape index (κ3) is 2.07. The average Bonchev–Trinajstić information content (AvgIpc) is 2.91. The summed E-state index contributed by atoms with van der Waals surface area (Å²) in [6.07, 6.45) is 2.31. The van der Waals surface area contributed by atoms with E-state index in [2.05, 4.69) is 19.9 Å². The second kappa shape index (κ2) is 3.77. The molecule has 0 spiro atoms. The van der Waals surface area contributed by atoms with Crippen molar-refractivity contribution in [2.45, 2.75) is 51.6 Å². The first-order chi connectivity index (χ1) is 7.43. The Morgan fingerprint density at radius 1 is 1.31 bits per heavy atom. The van der Waals surface area contributed by atoms with Crippen molar-refractivity contribution in [2.75, 3.05) is 0 Å². The van der Waals surface area contributed by atoms with Gasteiger partial charge in [0.15, 0.2) is 0 Å². The largest absolute Gasteiger partial charge is 0.507 e. The minimum Gasteiger partial charge on any atom is -0.507 e. The Hall–Kier alpha value is -1.02. The first kappa shape index (κ1) is 11.5. The highest BCUT2D eigenvalue weighted by atomic mass is 16.3. The molecular weight excluding hydrogens is 200 g/mol. The summed E-state index contributed by atoms with van der Waals surface area (Å²) in [5.41, 5.74) is 2.44. The number of hydrogen-bond donors (Lipinski definition) is 2. The molecule has 0 unspecified atom stereocenters. The number of aryl methyl sites for hydroxylation is 1. The maximum atomic E-state index is 10.1. The third-order valence-corrected chi connectivity index (χ3v) is 3.48. The molecule has 0 radical (unpaired) electrons. The fraction of sp³-hybridized carbons (Fsp3) is 0.571. The number of aliphatic hydroxyl groups is 1. The Morgan fingerprint density at radius 3 is 2.44 bits per heavy atom. The minimum absolute atomic E-state index is 0.367. The molecule has 88 valence electrons.